The van der Waals surface area contributed by atoms with Gasteiger partial charge in [0.15, 0.2) is 0 Å². The van der Waals surface area contributed by atoms with Crippen molar-refractivity contribution in [3.8, 4) is 5.75 Å². The van der Waals surface area contributed by atoms with E-state index in [1.54, 1.807) is 6.07 Å². The summed E-state index contributed by atoms with van der Waals surface area (Å²) in [5.74, 6) is 0.359. The number of aromatic hydroxyl groups is 1. The highest BCUT2D eigenvalue weighted by Crippen LogP contribution is 2.23. The van der Waals surface area contributed by atoms with Gasteiger partial charge in [-0.3, -0.25) is 9.80 Å². The Hall–Kier alpha value is -0.620. The molecule has 0 bridgehead atoms. The Bertz CT molecular complexity index is 430. The van der Waals surface area contributed by atoms with Crippen LogP contribution in [0.4, 0.5) is 0 Å². The van der Waals surface area contributed by atoms with Crippen LogP contribution in [0.5, 0.6) is 5.75 Å². The van der Waals surface area contributed by atoms with Crippen molar-refractivity contribution in [1.29, 1.82) is 0 Å². The molecule has 1 saturated heterocycles. The van der Waals surface area contributed by atoms with E-state index >= 15 is 0 Å². The number of nitrogens with zero attached hydrogens (tertiary/aromatic N) is 2. The molecule has 1 fully saturated rings. The number of aliphatic hydroxyl groups excluding tert-OH is 1. The summed E-state index contributed by atoms with van der Waals surface area (Å²) in [6, 6.07) is 5.85. The molecule has 2 N–H and O–H groups in total. The van der Waals surface area contributed by atoms with Gasteiger partial charge < -0.3 is 10.2 Å². The number of rotatable bonds is 5. The molecule has 1 aliphatic heterocycles. The maximum absolute atomic E-state index is 9.89. The summed E-state index contributed by atoms with van der Waals surface area (Å²) < 4.78 is 0.996. The normalized spacial score (nSPS) is 19.1. The molecule has 112 valence electrons. The van der Waals surface area contributed by atoms with Gasteiger partial charge in [0.05, 0.1) is 6.61 Å². The van der Waals surface area contributed by atoms with E-state index in [4.69, 9.17) is 0 Å². The second-order valence-corrected chi connectivity index (χ2v) is 6.25. The van der Waals surface area contributed by atoms with Crippen molar-refractivity contribution < 1.29 is 10.2 Å². The lowest BCUT2D eigenvalue weighted by Gasteiger charge is -2.38. The molecule has 0 saturated carbocycles. The van der Waals surface area contributed by atoms with Crippen LogP contribution in [0, 0.1) is 0 Å². The van der Waals surface area contributed by atoms with E-state index in [2.05, 4.69) is 32.7 Å². The van der Waals surface area contributed by atoms with Gasteiger partial charge in [0, 0.05) is 48.8 Å². The molecule has 1 heterocycles. The summed E-state index contributed by atoms with van der Waals surface area (Å²) in [5.41, 5.74) is 0.960. The molecular formula is C15H23BrN2O2. The lowest BCUT2D eigenvalue weighted by atomic mass is 10.1. The van der Waals surface area contributed by atoms with Gasteiger partial charge >= 0.3 is 0 Å². The van der Waals surface area contributed by atoms with Gasteiger partial charge in [-0.1, -0.05) is 22.9 Å². The average Bonchev–Trinajstić information content (AvgIpc) is 2.46. The zero-order chi connectivity index (χ0) is 14.5. The Morgan fingerprint density at radius 3 is 2.55 bits per heavy atom. The van der Waals surface area contributed by atoms with Crippen LogP contribution in [-0.4, -0.2) is 58.8 Å². The third-order valence-corrected chi connectivity index (χ3v) is 4.53. The Morgan fingerprint density at radius 2 is 1.95 bits per heavy atom. The predicted molar refractivity (Wildman–Crippen MR) is 83.8 cm³/mol. The smallest absolute Gasteiger partial charge is 0.120 e. The van der Waals surface area contributed by atoms with Gasteiger partial charge in [-0.25, -0.2) is 0 Å². The summed E-state index contributed by atoms with van der Waals surface area (Å²) in [4.78, 5) is 4.71. The maximum atomic E-state index is 9.89. The van der Waals surface area contributed by atoms with Crippen molar-refractivity contribution in [3.63, 3.8) is 0 Å². The summed E-state index contributed by atoms with van der Waals surface area (Å²) >= 11 is 3.44. The monoisotopic (exact) mass is 342 g/mol. The van der Waals surface area contributed by atoms with Gasteiger partial charge in [0.1, 0.15) is 5.75 Å². The molecule has 4 nitrogen and oxygen atoms in total. The fourth-order valence-electron chi connectivity index (χ4n) is 2.71. The molecule has 0 radical (unpaired) electrons. The molecule has 1 atom stereocenters. The van der Waals surface area contributed by atoms with Crippen LogP contribution < -0.4 is 0 Å². The van der Waals surface area contributed by atoms with Crippen LogP contribution in [0.15, 0.2) is 22.7 Å². The number of hydrogen-bond acceptors (Lipinski definition) is 4. The van der Waals surface area contributed by atoms with Crippen LogP contribution in [0.25, 0.3) is 0 Å². The molecule has 0 aliphatic carbocycles. The van der Waals surface area contributed by atoms with Crippen molar-refractivity contribution >= 4 is 15.9 Å². The van der Waals surface area contributed by atoms with Crippen molar-refractivity contribution in [3.05, 3.63) is 28.2 Å². The molecule has 1 unspecified atom stereocenters. The highest BCUT2D eigenvalue weighted by Gasteiger charge is 2.22. The predicted octanol–water partition coefficient (Wildman–Crippen LogP) is 2.04. The Balaban J connectivity index is 1.89. The fraction of sp³-hybridized carbons (Fsp3) is 0.600. The first kappa shape index (κ1) is 15.8. The number of phenols is 1. The molecule has 0 aromatic heterocycles. The van der Waals surface area contributed by atoms with E-state index in [1.807, 2.05) is 12.1 Å². The molecule has 0 spiro atoms. The lowest BCUT2D eigenvalue weighted by Crippen LogP contribution is -2.50. The highest BCUT2D eigenvalue weighted by atomic mass is 79.9. The lowest BCUT2D eigenvalue weighted by molar-refractivity contribution is 0.0605. The third-order valence-electron chi connectivity index (χ3n) is 4.04. The maximum Gasteiger partial charge on any atom is 0.120 e. The van der Waals surface area contributed by atoms with Crippen molar-refractivity contribution in [2.75, 3.05) is 32.8 Å². The van der Waals surface area contributed by atoms with E-state index in [0.29, 0.717) is 5.75 Å². The molecule has 1 aromatic rings. The molecule has 0 amide bonds. The first-order chi connectivity index (χ1) is 9.63. The molecule has 1 aromatic carbocycles. The van der Waals surface area contributed by atoms with Crippen LogP contribution in [0.1, 0.15) is 18.9 Å². The van der Waals surface area contributed by atoms with Crippen LogP contribution in [0.3, 0.4) is 0 Å². The van der Waals surface area contributed by atoms with E-state index < -0.39 is 0 Å². The first-order valence-electron chi connectivity index (χ1n) is 7.18. The summed E-state index contributed by atoms with van der Waals surface area (Å²) in [6.45, 7) is 7.04. The van der Waals surface area contributed by atoms with Crippen molar-refractivity contribution in [1.82, 2.24) is 9.80 Å². The minimum Gasteiger partial charge on any atom is -0.508 e. The average molecular weight is 343 g/mol. The molecule has 20 heavy (non-hydrogen) atoms. The minimum absolute atomic E-state index is 0.239. The zero-order valence-electron chi connectivity index (χ0n) is 11.9. The number of aliphatic hydroxyl groups is 1. The first-order valence-corrected chi connectivity index (χ1v) is 7.98. The summed E-state index contributed by atoms with van der Waals surface area (Å²) in [6.07, 6.45) is 0.989. The van der Waals surface area contributed by atoms with Crippen molar-refractivity contribution in [2.24, 2.45) is 0 Å². The molecular weight excluding hydrogens is 320 g/mol. The topological polar surface area (TPSA) is 46.9 Å². The van der Waals surface area contributed by atoms with Crippen LogP contribution in [0.2, 0.25) is 0 Å². The van der Waals surface area contributed by atoms with Crippen LogP contribution in [-0.2, 0) is 6.54 Å². The zero-order valence-corrected chi connectivity index (χ0v) is 13.5. The minimum atomic E-state index is 0.239. The van der Waals surface area contributed by atoms with Crippen LogP contribution >= 0.6 is 15.9 Å². The van der Waals surface area contributed by atoms with E-state index in [9.17, 15) is 10.2 Å². The van der Waals surface area contributed by atoms with Gasteiger partial charge in [-0.15, -0.1) is 0 Å². The number of halogens is 1. The molecule has 2 rings (SSSR count). The highest BCUT2D eigenvalue weighted by molar-refractivity contribution is 9.10. The van der Waals surface area contributed by atoms with E-state index in [1.165, 1.54) is 0 Å². The van der Waals surface area contributed by atoms with E-state index in [-0.39, 0.29) is 12.6 Å². The van der Waals surface area contributed by atoms with Gasteiger partial charge in [-0.2, -0.15) is 0 Å². The standard InChI is InChI=1S/C15H23BrN2O2/c1-2-14(11-19)18-7-5-17(6-8-18)10-12-9-13(16)3-4-15(12)20/h3-4,9,14,19-20H,2,5-8,10-11H2,1H3. The van der Waals surface area contributed by atoms with E-state index in [0.717, 1.165) is 49.2 Å². The number of benzene rings is 1. The number of hydrogen-bond donors (Lipinski definition) is 2. The Labute approximate surface area is 129 Å². The quantitative estimate of drug-likeness (QED) is 0.859. The Morgan fingerprint density at radius 1 is 1.25 bits per heavy atom. The summed E-state index contributed by atoms with van der Waals surface area (Å²) in [7, 11) is 0. The Kier molecular flexibility index (Phi) is 5.84. The fourth-order valence-corrected chi connectivity index (χ4v) is 3.12. The SMILES string of the molecule is CCC(CO)N1CCN(Cc2cc(Br)ccc2O)CC1. The van der Waals surface area contributed by atoms with Gasteiger partial charge in [0.25, 0.3) is 0 Å². The molecule has 5 heteroatoms. The second-order valence-electron chi connectivity index (χ2n) is 5.33. The van der Waals surface area contributed by atoms with Gasteiger partial charge in [-0.05, 0) is 24.6 Å². The second kappa shape index (κ2) is 7.41. The third kappa shape index (κ3) is 3.95. The molecule has 1 aliphatic rings. The summed E-state index contributed by atoms with van der Waals surface area (Å²) in [5, 5.41) is 19.2. The number of piperazine rings is 1. The van der Waals surface area contributed by atoms with Crippen molar-refractivity contribution in [2.45, 2.75) is 25.9 Å². The van der Waals surface area contributed by atoms with Gasteiger partial charge in [0.2, 0.25) is 0 Å². The largest absolute Gasteiger partial charge is 0.508 e. The number of phenolic OH excluding ortho intramolecular Hbond substituents is 1.